The Labute approximate surface area is 89.9 Å². The molecule has 0 aliphatic carbocycles. The van der Waals surface area contributed by atoms with E-state index in [-0.39, 0.29) is 5.90 Å². The van der Waals surface area contributed by atoms with Gasteiger partial charge in [0.15, 0.2) is 0 Å². The molecule has 1 aromatic carbocycles. The van der Waals surface area contributed by atoms with Gasteiger partial charge in [-0.25, -0.2) is 0 Å². The zero-order valence-corrected chi connectivity index (χ0v) is 9.23. The van der Waals surface area contributed by atoms with E-state index in [0.717, 1.165) is 5.56 Å². The third-order valence-electron chi connectivity index (χ3n) is 1.39. The van der Waals surface area contributed by atoms with E-state index in [1.165, 1.54) is 0 Å². The Kier molecular flexibility index (Phi) is 7.90. The Bertz CT molecular complexity index is 297. The van der Waals surface area contributed by atoms with Crippen LogP contribution in [0.25, 0.3) is 0 Å². The van der Waals surface area contributed by atoms with Crippen LogP contribution in [-0.4, -0.2) is 19.4 Å². The van der Waals surface area contributed by atoms with Gasteiger partial charge in [-0.05, 0) is 12.1 Å². The van der Waals surface area contributed by atoms with Crippen molar-refractivity contribution in [2.45, 2.75) is 13.8 Å². The molecule has 0 fully saturated rings. The van der Waals surface area contributed by atoms with Crippen LogP contribution >= 0.6 is 0 Å². The third-order valence-corrected chi connectivity index (χ3v) is 1.39. The molecule has 1 N–H and O–H groups in total. The van der Waals surface area contributed by atoms with Crippen LogP contribution in [0.2, 0.25) is 0 Å². The fraction of sp³-hybridized carbons (Fsp3) is 0.273. The molecule has 82 valence electrons. The molecule has 0 radical (unpaired) electrons. The lowest BCUT2D eigenvalue weighted by molar-refractivity contribution is -0.106. The molecule has 0 aliphatic rings. The first kappa shape index (κ1) is 13.3. The van der Waals surface area contributed by atoms with Crippen molar-refractivity contribution in [3.05, 3.63) is 35.9 Å². The summed E-state index contributed by atoms with van der Waals surface area (Å²) in [6.45, 7) is 4.00. The first-order chi connectivity index (χ1) is 7.38. The van der Waals surface area contributed by atoms with Crippen LogP contribution in [0.5, 0.6) is 0 Å². The molecule has 1 amide bonds. The van der Waals surface area contributed by atoms with Crippen molar-refractivity contribution >= 4 is 12.3 Å². The minimum atomic E-state index is 0.262. The minimum absolute atomic E-state index is 0.262. The summed E-state index contributed by atoms with van der Waals surface area (Å²) in [6, 6.07) is 9.17. The normalized spacial score (nSPS) is 9.93. The summed E-state index contributed by atoms with van der Waals surface area (Å²) in [4.78, 5) is 18.6. The zero-order chi connectivity index (χ0) is 11.5. The molecule has 0 atom stereocenters. The number of hydroxylamine groups is 1. The maximum atomic E-state index is 10.2. The van der Waals surface area contributed by atoms with Crippen LogP contribution in [0.15, 0.2) is 35.3 Å². The average molecular weight is 208 g/mol. The maximum absolute atomic E-state index is 10.2. The van der Waals surface area contributed by atoms with E-state index < -0.39 is 0 Å². The SMILES string of the molecule is CC.CNOC(=NC=O)c1ccccc1. The molecule has 1 aromatic rings. The fourth-order valence-electron chi connectivity index (χ4n) is 0.885. The van der Waals surface area contributed by atoms with Crippen molar-refractivity contribution in [1.82, 2.24) is 5.48 Å². The van der Waals surface area contributed by atoms with Crippen LogP contribution in [0.4, 0.5) is 0 Å². The van der Waals surface area contributed by atoms with Gasteiger partial charge in [0.25, 0.3) is 0 Å². The van der Waals surface area contributed by atoms with Gasteiger partial charge in [0.1, 0.15) is 0 Å². The van der Waals surface area contributed by atoms with Crippen molar-refractivity contribution in [2.24, 2.45) is 4.99 Å². The Hall–Kier alpha value is -1.68. The second-order valence-electron chi connectivity index (χ2n) is 2.21. The maximum Gasteiger partial charge on any atom is 0.247 e. The zero-order valence-electron chi connectivity index (χ0n) is 9.23. The number of hydrogen-bond donors (Lipinski definition) is 1. The largest absolute Gasteiger partial charge is 0.388 e. The number of carbonyl (C=O) groups is 1. The number of aliphatic imine (C=N–C) groups is 1. The van der Waals surface area contributed by atoms with Crippen molar-refractivity contribution in [2.75, 3.05) is 7.05 Å². The molecular weight excluding hydrogens is 192 g/mol. The van der Waals surface area contributed by atoms with E-state index in [0.29, 0.717) is 6.41 Å². The smallest absolute Gasteiger partial charge is 0.247 e. The molecule has 0 bridgehead atoms. The van der Waals surface area contributed by atoms with Gasteiger partial charge in [0, 0.05) is 12.6 Å². The summed E-state index contributed by atoms with van der Waals surface area (Å²) in [7, 11) is 1.60. The van der Waals surface area contributed by atoms with Crippen LogP contribution in [0.3, 0.4) is 0 Å². The summed E-state index contributed by atoms with van der Waals surface area (Å²) in [5, 5.41) is 0. The van der Waals surface area contributed by atoms with Crippen LogP contribution in [0.1, 0.15) is 19.4 Å². The average Bonchev–Trinajstić information content (AvgIpc) is 2.33. The Morgan fingerprint density at radius 3 is 2.40 bits per heavy atom. The number of rotatable bonds is 3. The quantitative estimate of drug-likeness (QED) is 0.356. The molecule has 0 aliphatic heterocycles. The molecule has 0 spiro atoms. The topological polar surface area (TPSA) is 50.7 Å². The molecule has 0 unspecified atom stereocenters. The van der Waals surface area contributed by atoms with Gasteiger partial charge in [-0.15, -0.1) is 0 Å². The van der Waals surface area contributed by atoms with Crippen molar-refractivity contribution in [1.29, 1.82) is 0 Å². The fourth-order valence-corrected chi connectivity index (χ4v) is 0.885. The summed E-state index contributed by atoms with van der Waals surface area (Å²) in [5.74, 6) is 0.262. The van der Waals surface area contributed by atoms with E-state index >= 15 is 0 Å². The number of nitrogens with one attached hydrogen (secondary N) is 1. The van der Waals surface area contributed by atoms with Gasteiger partial charge >= 0.3 is 0 Å². The number of benzene rings is 1. The van der Waals surface area contributed by atoms with Gasteiger partial charge in [0.05, 0.1) is 0 Å². The highest BCUT2D eigenvalue weighted by Gasteiger charge is 2.02. The summed E-state index contributed by atoms with van der Waals surface area (Å²) in [6.07, 6.45) is 0.444. The highest BCUT2D eigenvalue weighted by Crippen LogP contribution is 2.00. The molecule has 0 heterocycles. The molecule has 0 aromatic heterocycles. The van der Waals surface area contributed by atoms with Gasteiger partial charge < -0.3 is 4.84 Å². The van der Waals surface area contributed by atoms with Gasteiger partial charge in [-0.2, -0.15) is 10.5 Å². The molecule has 15 heavy (non-hydrogen) atoms. The molecule has 4 heteroatoms. The highest BCUT2D eigenvalue weighted by atomic mass is 16.7. The Morgan fingerprint density at radius 1 is 1.33 bits per heavy atom. The summed E-state index contributed by atoms with van der Waals surface area (Å²) >= 11 is 0. The van der Waals surface area contributed by atoms with E-state index in [1.807, 2.05) is 32.0 Å². The number of carbonyl (C=O) groups excluding carboxylic acids is 1. The van der Waals surface area contributed by atoms with Crippen LogP contribution in [0, 0.1) is 0 Å². The van der Waals surface area contributed by atoms with Gasteiger partial charge in [0.2, 0.25) is 12.3 Å². The monoisotopic (exact) mass is 208 g/mol. The van der Waals surface area contributed by atoms with Crippen molar-refractivity contribution < 1.29 is 9.63 Å². The van der Waals surface area contributed by atoms with E-state index in [4.69, 9.17) is 4.84 Å². The third kappa shape index (κ3) is 4.93. The molecule has 0 saturated carbocycles. The number of hydrogen-bond acceptors (Lipinski definition) is 3. The number of amides is 1. The van der Waals surface area contributed by atoms with Gasteiger partial charge in [-0.3, -0.25) is 4.79 Å². The molecular formula is C11H16N2O2. The van der Waals surface area contributed by atoms with E-state index in [1.54, 1.807) is 19.2 Å². The molecule has 1 rings (SSSR count). The highest BCUT2D eigenvalue weighted by molar-refractivity contribution is 5.97. The second kappa shape index (κ2) is 8.90. The van der Waals surface area contributed by atoms with Crippen molar-refractivity contribution in [3.8, 4) is 0 Å². The Balaban J connectivity index is 0.000000921. The lowest BCUT2D eigenvalue weighted by atomic mass is 10.2. The standard InChI is InChI=1S/C9H10N2O2.C2H6/c1-10-13-9(11-7-12)8-5-3-2-4-6-8;1-2/h2-7,10H,1H3;1-2H3. The van der Waals surface area contributed by atoms with Crippen LogP contribution < -0.4 is 5.48 Å². The Morgan fingerprint density at radius 2 is 1.93 bits per heavy atom. The minimum Gasteiger partial charge on any atom is -0.388 e. The van der Waals surface area contributed by atoms with Crippen molar-refractivity contribution in [3.63, 3.8) is 0 Å². The first-order valence-corrected chi connectivity index (χ1v) is 4.79. The summed E-state index contributed by atoms with van der Waals surface area (Å²) in [5.41, 5.74) is 3.22. The predicted molar refractivity (Wildman–Crippen MR) is 60.5 cm³/mol. The van der Waals surface area contributed by atoms with Gasteiger partial charge in [-0.1, -0.05) is 32.0 Å². The summed E-state index contributed by atoms with van der Waals surface area (Å²) < 4.78 is 0. The number of nitrogens with zero attached hydrogens (tertiary/aromatic N) is 1. The second-order valence-corrected chi connectivity index (χ2v) is 2.21. The van der Waals surface area contributed by atoms with E-state index in [2.05, 4.69) is 10.5 Å². The predicted octanol–water partition coefficient (Wildman–Crippen LogP) is 1.77. The lowest BCUT2D eigenvalue weighted by Crippen LogP contribution is -2.16. The molecule has 4 nitrogen and oxygen atoms in total. The van der Waals surface area contributed by atoms with E-state index in [9.17, 15) is 4.79 Å². The van der Waals surface area contributed by atoms with Crippen LogP contribution in [-0.2, 0) is 9.63 Å². The lowest BCUT2D eigenvalue weighted by Gasteiger charge is -2.04. The molecule has 0 saturated heterocycles. The first-order valence-electron chi connectivity index (χ1n) is 4.79.